The van der Waals surface area contributed by atoms with Gasteiger partial charge in [-0.1, -0.05) is 0 Å². The van der Waals surface area contributed by atoms with Crippen molar-refractivity contribution >= 4 is 11.9 Å². The minimum Gasteiger partial charge on any atom is -0.497 e. The van der Waals surface area contributed by atoms with E-state index < -0.39 is 0 Å². The number of rotatable bonds is 11. The average Bonchev–Trinajstić information content (AvgIpc) is 3.48. The van der Waals surface area contributed by atoms with E-state index in [1.165, 1.54) is 11.2 Å². The van der Waals surface area contributed by atoms with E-state index in [-0.39, 0.29) is 37.1 Å². The number of furan rings is 2. The Morgan fingerprint density at radius 1 is 1.03 bits per heavy atom. The van der Waals surface area contributed by atoms with Gasteiger partial charge in [0.1, 0.15) is 23.0 Å². The van der Waals surface area contributed by atoms with E-state index >= 15 is 0 Å². The first-order valence-corrected chi connectivity index (χ1v) is 10.3. The van der Waals surface area contributed by atoms with E-state index in [9.17, 15) is 9.59 Å². The second-order valence-corrected chi connectivity index (χ2v) is 6.98. The Bertz CT molecular complexity index is 1020. The van der Waals surface area contributed by atoms with Gasteiger partial charge in [-0.2, -0.15) is 0 Å². The molecule has 0 aliphatic rings. The van der Waals surface area contributed by atoms with Gasteiger partial charge in [-0.3, -0.25) is 9.59 Å². The molecule has 1 amide bonds. The van der Waals surface area contributed by atoms with Crippen molar-refractivity contribution < 1.29 is 32.6 Å². The molecule has 170 valence electrons. The maximum atomic E-state index is 13.1. The third kappa shape index (κ3) is 5.94. The van der Waals surface area contributed by atoms with E-state index in [1.54, 1.807) is 45.4 Å². The average molecular weight is 441 g/mol. The number of esters is 1. The molecule has 0 radical (unpaired) electrons. The highest BCUT2D eigenvalue weighted by molar-refractivity contribution is 5.91. The summed E-state index contributed by atoms with van der Waals surface area (Å²) in [6.45, 7) is 2.43. The highest BCUT2D eigenvalue weighted by atomic mass is 16.5. The fourth-order valence-electron chi connectivity index (χ4n) is 3.25. The van der Waals surface area contributed by atoms with Crippen LogP contribution in [0.4, 0.5) is 0 Å². The predicted octanol–water partition coefficient (Wildman–Crippen LogP) is 4.08. The van der Waals surface area contributed by atoms with Gasteiger partial charge in [0, 0.05) is 18.5 Å². The van der Waals surface area contributed by atoms with Gasteiger partial charge in [0.05, 0.1) is 40.1 Å². The Kier molecular flexibility index (Phi) is 7.96. The molecule has 0 aliphatic carbocycles. The van der Waals surface area contributed by atoms with Crippen molar-refractivity contribution in [2.45, 2.75) is 26.3 Å². The van der Waals surface area contributed by atoms with E-state index in [0.717, 1.165) is 5.56 Å². The molecular formula is C24H27NO7. The minimum absolute atomic E-state index is 0.0782. The van der Waals surface area contributed by atoms with Gasteiger partial charge in [0.15, 0.2) is 5.76 Å². The van der Waals surface area contributed by atoms with Gasteiger partial charge < -0.3 is 27.9 Å². The lowest BCUT2D eigenvalue weighted by Crippen LogP contribution is -2.32. The Hall–Kier alpha value is -3.68. The van der Waals surface area contributed by atoms with E-state index in [0.29, 0.717) is 36.0 Å². The number of benzene rings is 1. The van der Waals surface area contributed by atoms with Crippen LogP contribution in [0, 0.1) is 0 Å². The number of amides is 1. The third-order valence-electron chi connectivity index (χ3n) is 4.83. The number of carbonyl (C=O) groups excluding carboxylic acids is 2. The summed E-state index contributed by atoms with van der Waals surface area (Å²) in [5.41, 5.74) is 0.870. The first-order chi connectivity index (χ1) is 15.5. The van der Waals surface area contributed by atoms with Crippen LogP contribution in [0.1, 0.15) is 41.0 Å². The van der Waals surface area contributed by atoms with Gasteiger partial charge in [0.2, 0.25) is 0 Å². The zero-order chi connectivity index (χ0) is 22.9. The Balaban J connectivity index is 1.75. The summed E-state index contributed by atoms with van der Waals surface area (Å²) in [5, 5.41) is 0. The molecule has 8 nitrogen and oxygen atoms in total. The number of ether oxygens (including phenoxy) is 3. The van der Waals surface area contributed by atoms with E-state index in [4.69, 9.17) is 23.0 Å². The molecule has 0 saturated carbocycles. The Morgan fingerprint density at radius 3 is 2.56 bits per heavy atom. The SMILES string of the molecule is CCOC(=O)CCN(Cc1ccco1)C(=O)c1ccc(Cc2cc(OC)ccc2OC)o1. The summed E-state index contributed by atoms with van der Waals surface area (Å²) in [7, 11) is 3.19. The first kappa shape index (κ1) is 23.0. The number of carbonyl (C=O) groups is 2. The van der Waals surface area contributed by atoms with Gasteiger partial charge in [0.25, 0.3) is 5.91 Å². The molecule has 3 rings (SSSR count). The molecule has 8 heteroatoms. The van der Waals surface area contributed by atoms with Crippen molar-refractivity contribution in [1.82, 2.24) is 4.90 Å². The predicted molar refractivity (Wildman–Crippen MR) is 116 cm³/mol. The zero-order valence-electron chi connectivity index (χ0n) is 18.5. The van der Waals surface area contributed by atoms with Crippen LogP contribution >= 0.6 is 0 Å². The Morgan fingerprint density at radius 2 is 1.88 bits per heavy atom. The summed E-state index contributed by atoms with van der Waals surface area (Å²) < 4.78 is 26.9. The van der Waals surface area contributed by atoms with Crippen molar-refractivity contribution in [2.24, 2.45) is 0 Å². The Labute approximate surface area is 186 Å². The van der Waals surface area contributed by atoms with Crippen molar-refractivity contribution in [1.29, 1.82) is 0 Å². The molecule has 2 heterocycles. The molecule has 0 spiro atoms. The minimum atomic E-state index is -0.366. The molecule has 1 aromatic carbocycles. The third-order valence-corrected chi connectivity index (χ3v) is 4.83. The standard InChI is InChI=1S/C24H27NO7/c1-4-30-23(26)11-12-25(16-20-6-5-13-31-20)24(27)22-10-8-19(32-22)15-17-14-18(28-2)7-9-21(17)29-3/h5-10,13-14H,4,11-12,15-16H2,1-3H3. The second-order valence-electron chi connectivity index (χ2n) is 6.98. The highest BCUT2D eigenvalue weighted by Crippen LogP contribution is 2.27. The van der Waals surface area contributed by atoms with Gasteiger partial charge in [-0.05, 0) is 49.4 Å². The van der Waals surface area contributed by atoms with Crippen LogP contribution in [0.3, 0.4) is 0 Å². The quantitative estimate of drug-likeness (QED) is 0.414. The van der Waals surface area contributed by atoms with Crippen molar-refractivity contribution in [3.63, 3.8) is 0 Å². The summed E-state index contributed by atoms with van der Waals surface area (Å²) >= 11 is 0. The molecule has 0 atom stereocenters. The van der Waals surface area contributed by atoms with Crippen LogP contribution in [-0.4, -0.2) is 44.1 Å². The van der Waals surface area contributed by atoms with Crippen LogP contribution in [0.5, 0.6) is 11.5 Å². The summed E-state index contributed by atoms with van der Waals surface area (Å²) in [6.07, 6.45) is 2.04. The number of hydrogen-bond donors (Lipinski definition) is 0. The number of hydrogen-bond acceptors (Lipinski definition) is 7. The van der Waals surface area contributed by atoms with Crippen molar-refractivity contribution in [3.05, 3.63) is 71.6 Å². The lowest BCUT2D eigenvalue weighted by atomic mass is 10.1. The molecular weight excluding hydrogens is 414 g/mol. The fourth-order valence-corrected chi connectivity index (χ4v) is 3.25. The molecule has 0 N–H and O–H groups in total. The van der Waals surface area contributed by atoms with Crippen LogP contribution in [0.15, 0.2) is 57.6 Å². The van der Waals surface area contributed by atoms with E-state index in [1.807, 2.05) is 18.2 Å². The van der Waals surface area contributed by atoms with Gasteiger partial charge >= 0.3 is 5.97 Å². The smallest absolute Gasteiger partial charge is 0.307 e. The van der Waals surface area contributed by atoms with Crippen LogP contribution < -0.4 is 9.47 Å². The molecule has 32 heavy (non-hydrogen) atoms. The molecule has 0 bridgehead atoms. The largest absolute Gasteiger partial charge is 0.497 e. The number of nitrogens with zero attached hydrogens (tertiary/aromatic N) is 1. The van der Waals surface area contributed by atoms with E-state index in [2.05, 4.69) is 0 Å². The molecule has 2 aromatic heterocycles. The second kappa shape index (κ2) is 11.1. The maximum Gasteiger partial charge on any atom is 0.307 e. The molecule has 3 aromatic rings. The first-order valence-electron chi connectivity index (χ1n) is 10.3. The van der Waals surface area contributed by atoms with Crippen molar-refractivity contribution in [3.8, 4) is 11.5 Å². The lowest BCUT2D eigenvalue weighted by Gasteiger charge is -2.20. The fraction of sp³-hybridized carbons (Fsp3) is 0.333. The number of methoxy groups -OCH3 is 2. The normalized spacial score (nSPS) is 10.6. The zero-order valence-corrected chi connectivity index (χ0v) is 18.5. The molecule has 0 fully saturated rings. The van der Waals surface area contributed by atoms with Crippen LogP contribution in [-0.2, 0) is 22.5 Å². The molecule has 0 unspecified atom stereocenters. The highest BCUT2D eigenvalue weighted by Gasteiger charge is 2.22. The van der Waals surface area contributed by atoms with Gasteiger partial charge in [-0.15, -0.1) is 0 Å². The lowest BCUT2D eigenvalue weighted by molar-refractivity contribution is -0.143. The topological polar surface area (TPSA) is 91.4 Å². The van der Waals surface area contributed by atoms with Gasteiger partial charge in [-0.25, -0.2) is 0 Å². The summed E-state index contributed by atoms with van der Waals surface area (Å²) in [4.78, 5) is 26.4. The molecule has 0 aliphatic heterocycles. The van der Waals surface area contributed by atoms with Crippen LogP contribution in [0.25, 0.3) is 0 Å². The maximum absolute atomic E-state index is 13.1. The summed E-state index contributed by atoms with van der Waals surface area (Å²) in [5.74, 6) is 2.08. The van der Waals surface area contributed by atoms with Crippen molar-refractivity contribution in [2.75, 3.05) is 27.4 Å². The summed E-state index contributed by atoms with van der Waals surface area (Å²) in [6, 6.07) is 12.4. The van der Waals surface area contributed by atoms with Crippen LogP contribution in [0.2, 0.25) is 0 Å². The monoisotopic (exact) mass is 441 g/mol. The molecule has 0 saturated heterocycles.